The van der Waals surface area contributed by atoms with E-state index in [9.17, 15) is 4.79 Å². The lowest BCUT2D eigenvalue weighted by Gasteiger charge is -2.01. The number of ketones is 1. The fourth-order valence-electron chi connectivity index (χ4n) is 1.53. The summed E-state index contributed by atoms with van der Waals surface area (Å²) in [4.78, 5) is 13.0. The van der Waals surface area contributed by atoms with Crippen molar-refractivity contribution >= 4 is 17.1 Å². The third-order valence-corrected chi connectivity index (χ3v) is 3.34. The molecule has 78 valence electrons. The molecule has 2 aromatic rings. The van der Waals surface area contributed by atoms with Gasteiger partial charge in [0.1, 0.15) is 5.69 Å². The van der Waals surface area contributed by atoms with Crippen LogP contribution in [-0.4, -0.2) is 15.6 Å². The first-order chi connectivity index (χ1) is 7.24. The zero-order valence-corrected chi connectivity index (χ0v) is 9.54. The van der Waals surface area contributed by atoms with Crippen molar-refractivity contribution in [3.63, 3.8) is 0 Å². The molecule has 0 bridgehead atoms. The topological polar surface area (TPSA) is 34.9 Å². The molecule has 2 heterocycles. The molecule has 0 N–H and O–H groups in total. The Morgan fingerprint density at radius 2 is 2.33 bits per heavy atom. The molecule has 0 amide bonds. The van der Waals surface area contributed by atoms with Crippen LogP contribution < -0.4 is 0 Å². The van der Waals surface area contributed by atoms with Crippen LogP contribution in [0.3, 0.4) is 0 Å². The Balaban J connectivity index is 2.41. The summed E-state index contributed by atoms with van der Waals surface area (Å²) in [6.07, 6.45) is 2.54. The van der Waals surface area contributed by atoms with Gasteiger partial charge in [-0.3, -0.25) is 9.48 Å². The van der Waals surface area contributed by atoms with Crippen LogP contribution in [0.2, 0.25) is 0 Å². The van der Waals surface area contributed by atoms with E-state index in [2.05, 4.69) is 12.0 Å². The van der Waals surface area contributed by atoms with E-state index in [-0.39, 0.29) is 5.78 Å². The van der Waals surface area contributed by atoms with Crippen molar-refractivity contribution in [1.82, 2.24) is 9.78 Å². The molecule has 0 saturated carbocycles. The fourth-order valence-corrected chi connectivity index (χ4v) is 2.47. The third-order valence-electron chi connectivity index (χ3n) is 2.39. The molecular weight excluding hydrogens is 208 g/mol. The minimum atomic E-state index is 0.0712. The summed E-state index contributed by atoms with van der Waals surface area (Å²) >= 11 is 1.50. The van der Waals surface area contributed by atoms with Crippen molar-refractivity contribution in [1.29, 1.82) is 0 Å². The second-order valence-corrected chi connectivity index (χ2v) is 4.21. The van der Waals surface area contributed by atoms with Crippen molar-refractivity contribution in [3.8, 4) is 0 Å². The molecule has 15 heavy (non-hydrogen) atoms. The van der Waals surface area contributed by atoms with E-state index in [1.165, 1.54) is 11.3 Å². The number of nitrogens with zero attached hydrogens (tertiary/aromatic N) is 2. The SMILES string of the molecule is CCc1ccsc1C(=O)c1ccnn1C. The van der Waals surface area contributed by atoms with Gasteiger partial charge < -0.3 is 0 Å². The molecule has 3 nitrogen and oxygen atoms in total. The molecule has 0 aromatic carbocycles. The van der Waals surface area contributed by atoms with Gasteiger partial charge in [0, 0.05) is 13.2 Å². The van der Waals surface area contributed by atoms with Crippen LogP contribution in [0.1, 0.15) is 27.9 Å². The highest BCUT2D eigenvalue weighted by molar-refractivity contribution is 7.12. The largest absolute Gasteiger partial charge is 0.286 e. The highest BCUT2D eigenvalue weighted by atomic mass is 32.1. The lowest BCUT2D eigenvalue weighted by atomic mass is 10.1. The van der Waals surface area contributed by atoms with Crippen LogP contribution in [0.15, 0.2) is 23.7 Å². The van der Waals surface area contributed by atoms with Gasteiger partial charge in [0.25, 0.3) is 0 Å². The first kappa shape index (κ1) is 10.1. The standard InChI is InChI=1S/C11H12N2OS/c1-3-8-5-7-15-11(8)10(14)9-4-6-12-13(9)2/h4-7H,3H2,1-2H3. The van der Waals surface area contributed by atoms with Crippen molar-refractivity contribution in [3.05, 3.63) is 39.8 Å². The summed E-state index contributed by atoms with van der Waals surface area (Å²) in [5.41, 5.74) is 1.76. The number of carbonyl (C=O) groups is 1. The predicted molar refractivity (Wildman–Crippen MR) is 60.3 cm³/mol. The van der Waals surface area contributed by atoms with Crippen LogP contribution in [0, 0.1) is 0 Å². The molecule has 0 fully saturated rings. The van der Waals surface area contributed by atoms with Crippen LogP contribution in [0.4, 0.5) is 0 Å². The Morgan fingerprint density at radius 3 is 2.93 bits per heavy atom. The van der Waals surface area contributed by atoms with Gasteiger partial charge in [0.05, 0.1) is 4.88 Å². The number of thiophene rings is 1. The highest BCUT2D eigenvalue weighted by Gasteiger charge is 2.16. The van der Waals surface area contributed by atoms with E-state index in [0.29, 0.717) is 5.69 Å². The Kier molecular flexibility index (Phi) is 2.68. The highest BCUT2D eigenvalue weighted by Crippen LogP contribution is 2.20. The van der Waals surface area contributed by atoms with E-state index in [4.69, 9.17) is 0 Å². The van der Waals surface area contributed by atoms with E-state index in [1.807, 2.05) is 11.4 Å². The number of hydrogen-bond acceptors (Lipinski definition) is 3. The maximum atomic E-state index is 12.1. The lowest BCUT2D eigenvalue weighted by Crippen LogP contribution is -2.08. The van der Waals surface area contributed by atoms with Gasteiger partial charge in [-0.15, -0.1) is 11.3 Å². The number of aromatic nitrogens is 2. The predicted octanol–water partition coefficient (Wildman–Crippen LogP) is 2.28. The van der Waals surface area contributed by atoms with Crippen LogP contribution in [0.5, 0.6) is 0 Å². The summed E-state index contributed by atoms with van der Waals surface area (Å²) < 4.78 is 1.61. The van der Waals surface area contributed by atoms with Crippen molar-refractivity contribution in [2.45, 2.75) is 13.3 Å². The molecule has 2 rings (SSSR count). The minimum Gasteiger partial charge on any atom is -0.286 e. The Hall–Kier alpha value is -1.42. The minimum absolute atomic E-state index is 0.0712. The molecule has 0 aliphatic heterocycles. The molecule has 0 saturated heterocycles. The molecule has 0 aliphatic rings. The molecule has 0 unspecified atom stereocenters. The second-order valence-electron chi connectivity index (χ2n) is 3.30. The van der Waals surface area contributed by atoms with Crippen molar-refractivity contribution < 1.29 is 4.79 Å². The van der Waals surface area contributed by atoms with E-state index in [1.54, 1.807) is 24.0 Å². The maximum Gasteiger partial charge on any atom is 0.221 e. The first-order valence-corrected chi connectivity index (χ1v) is 5.71. The normalized spacial score (nSPS) is 10.5. The molecule has 0 radical (unpaired) electrons. The molecule has 0 aliphatic carbocycles. The molecule has 4 heteroatoms. The van der Waals surface area contributed by atoms with Gasteiger partial charge in [-0.1, -0.05) is 6.92 Å². The maximum absolute atomic E-state index is 12.1. The number of aryl methyl sites for hydroxylation is 2. The average molecular weight is 220 g/mol. The van der Waals surface area contributed by atoms with Crippen molar-refractivity contribution in [2.75, 3.05) is 0 Å². The number of rotatable bonds is 3. The van der Waals surface area contributed by atoms with Gasteiger partial charge in [0.2, 0.25) is 5.78 Å². The zero-order chi connectivity index (χ0) is 10.8. The van der Waals surface area contributed by atoms with Crippen LogP contribution >= 0.6 is 11.3 Å². The summed E-state index contributed by atoms with van der Waals surface area (Å²) in [6, 6.07) is 3.76. The molecular formula is C11H12N2OS. The van der Waals surface area contributed by atoms with E-state index >= 15 is 0 Å². The smallest absolute Gasteiger partial charge is 0.221 e. The first-order valence-electron chi connectivity index (χ1n) is 4.83. The van der Waals surface area contributed by atoms with Gasteiger partial charge in [-0.25, -0.2) is 0 Å². The van der Waals surface area contributed by atoms with Gasteiger partial charge in [0.15, 0.2) is 0 Å². The van der Waals surface area contributed by atoms with E-state index in [0.717, 1.165) is 16.9 Å². The van der Waals surface area contributed by atoms with Crippen molar-refractivity contribution in [2.24, 2.45) is 7.05 Å². The summed E-state index contributed by atoms with van der Waals surface area (Å²) in [5.74, 6) is 0.0712. The Bertz CT molecular complexity index is 484. The van der Waals surface area contributed by atoms with Crippen LogP contribution in [0.25, 0.3) is 0 Å². The number of carbonyl (C=O) groups excluding carboxylic acids is 1. The third kappa shape index (κ3) is 1.72. The van der Waals surface area contributed by atoms with Gasteiger partial charge in [-0.05, 0) is 29.5 Å². The second kappa shape index (κ2) is 3.98. The Labute approximate surface area is 92.4 Å². The molecule has 2 aromatic heterocycles. The van der Waals surface area contributed by atoms with E-state index < -0.39 is 0 Å². The summed E-state index contributed by atoms with van der Waals surface area (Å²) in [5, 5.41) is 5.96. The zero-order valence-electron chi connectivity index (χ0n) is 8.73. The lowest BCUT2D eigenvalue weighted by molar-refractivity contribution is 0.103. The van der Waals surface area contributed by atoms with Gasteiger partial charge in [-0.2, -0.15) is 5.10 Å². The Morgan fingerprint density at radius 1 is 1.53 bits per heavy atom. The molecule has 0 atom stereocenters. The monoisotopic (exact) mass is 220 g/mol. The number of hydrogen-bond donors (Lipinski definition) is 0. The van der Waals surface area contributed by atoms with Gasteiger partial charge >= 0.3 is 0 Å². The average Bonchev–Trinajstić information content (AvgIpc) is 2.84. The van der Waals surface area contributed by atoms with Crippen LogP contribution in [-0.2, 0) is 13.5 Å². The molecule has 0 spiro atoms. The quantitative estimate of drug-likeness (QED) is 0.744. The fraction of sp³-hybridized carbons (Fsp3) is 0.273. The summed E-state index contributed by atoms with van der Waals surface area (Å²) in [7, 11) is 1.78. The summed E-state index contributed by atoms with van der Waals surface area (Å²) in [6.45, 7) is 2.06.